The van der Waals surface area contributed by atoms with Crippen LogP contribution in [0.15, 0.2) is 28.9 Å². The van der Waals surface area contributed by atoms with E-state index in [1.165, 1.54) is 6.26 Å². The van der Waals surface area contributed by atoms with Crippen molar-refractivity contribution in [1.82, 2.24) is 9.97 Å². The van der Waals surface area contributed by atoms with Gasteiger partial charge in [-0.1, -0.05) is 11.6 Å². The van der Waals surface area contributed by atoms with Gasteiger partial charge in [-0.15, -0.1) is 0 Å². The van der Waals surface area contributed by atoms with Crippen molar-refractivity contribution in [3.05, 3.63) is 41.2 Å². The second kappa shape index (κ2) is 4.96. The quantitative estimate of drug-likeness (QED) is 0.832. The van der Waals surface area contributed by atoms with E-state index in [2.05, 4.69) is 15.3 Å². The summed E-state index contributed by atoms with van der Waals surface area (Å²) < 4.78 is 5.19. The Morgan fingerprint density at radius 2 is 2.28 bits per heavy atom. The largest absolute Gasteiger partial charge is 0.466 e. The molecule has 0 aliphatic heterocycles. The van der Waals surface area contributed by atoms with E-state index in [1.54, 1.807) is 32.0 Å². The Morgan fingerprint density at radius 3 is 2.89 bits per heavy atom. The zero-order chi connectivity index (χ0) is 13.2. The summed E-state index contributed by atoms with van der Waals surface area (Å²) in [4.78, 5) is 8.13. The smallest absolute Gasteiger partial charge is 0.136 e. The Hall–Kier alpha value is -1.59. The number of nitrogens with zero attached hydrogens (tertiary/aromatic N) is 2. The molecule has 18 heavy (non-hydrogen) atoms. The van der Waals surface area contributed by atoms with Crippen molar-refractivity contribution in [2.45, 2.75) is 19.4 Å². The van der Waals surface area contributed by atoms with E-state index in [-0.39, 0.29) is 6.54 Å². The highest BCUT2D eigenvalue weighted by Gasteiger charge is 2.26. The van der Waals surface area contributed by atoms with Crippen LogP contribution < -0.4 is 5.32 Å². The number of aromatic nitrogens is 2. The number of furan rings is 1. The molecule has 0 spiro atoms. The van der Waals surface area contributed by atoms with E-state index in [1.807, 2.05) is 0 Å². The van der Waals surface area contributed by atoms with Crippen LogP contribution in [0.1, 0.15) is 18.5 Å². The second-order valence-electron chi connectivity index (χ2n) is 4.23. The van der Waals surface area contributed by atoms with Crippen molar-refractivity contribution in [2.24, 2.45) is 0 Å². The van der Waals surface area contributed by atoms with Crippen molar-refractivity contribution >= 4 is 17.4 Å². The van der Waals surface area contributed by atoms with Crippen molar-refractivity contribution in [2.75, 3.05) is 11.9 Å². The second-order valence-corrected chi connectivity index (χ2v) is 4.62. The first-order valence-corrected chi connectivity index (χ1v) is 5.86. The lowest BCUT2D eigenvalue weighted by molar-refractivity contribution is 0.0476. The number of nitrogens with one attached hydrogen (secondary N) is 1. The third-order valence-electron chi connectivity index (χ3n) is 2.47. The monoisotopic (exact) mass is 267 g/mol. The zero-order valence-corrected chi connectivity index (χ0v) is 10.9. The van der Waals surface area contributed by atoms with Gasteiger partial charge in [-0.2, -0.15) is 0 Å². The molecule has 0 aromatic carbocycles. The molecule has 2 aromatic heterocycles. The number of aliphatic hydroxyl groups is 1. The molecule has 5 nitrogen and oxygen atoms in total. The Kier molecular flexibility index (Phi) is 3.54. The molecule has 0 aliphatic rings. The summed E-state index contributed by atoms with van der Waals surface area (Å²) in [5.74, 6) is 1.63. The van der Waals surface area contributed by atoms with Gasteiger partial charge in [0.1, 0.15) is 28.2 Å². The van der Waals surface area contributed by atoms with Crippen molar-refractivity contribution in [3.63, 3.8) is 0 Å². The number of aryl methyl sites for hydroxylation is 1. The third-order valence-corrected chi connectivity index (χ3v) is 2.67. The Balaban J connectivity index is 2.07. The van der Waals surface area contributed by atoms with Crippen molar-refractivity contribution < 1.29 is 9.52 Å². The molecule has 0 saturated carbocycles. The number of anilines is 1. The molecule has 2 aromatic rings. The maximum atomic E-state index is 10.2. The average Bonchev–Trinajstić information content (AvgIpc) is 2.79. The molecule has 96 valence electrons. The first-order valence-electron chi connectivity index (χ1n) is 5.49. The summed E-state index contributed by atoms with van der Waals surface area (Å²) in [5.41, 5.74) is -1.12. The van der Waals surface area contributed by atoms with Gasteiger partial charge in [0, 0.05) is 6.07 Å². The molecule has 0 saturated heterocycles. The summed E-state index contributed by atoms with van der Waals surface area (Å²) in [6.45, 7) is 3.67. The number of hydrogen-bond acceptors (Lipinski definition) is 5. The number of hydrogen-bond donors (Lipinski definition) is 2. The maximum absolute atomic E-state index is 10.2. The van der Waals surface area contributed by atoms with Gasteiger partial charge in [-0.25, -0.2) is 9.97 Å². The van der Waals surface area contributed by atoms with Gasteiger partial charge in [-0.05, 0) is 26.0 Å². The van der Waals surface area contributed by atoms with Gasteiger partial charge >= 0.3 is 0 Å². The minimum atomic E-state index is -1.12. The fourth-order valence-corrected chi connectivity index (χ4v) is 1.78. The van der Waals surface area contributed by atoms with Crippen LogP contribution in [0.5, 0.6) is 0 Å². The van der Waals surface area contributed by atoms with E-state index in [0.29, 0.717) is 22.6 Å². The van der Waals surface area contributed by atoms with Gasteiger partial charge in [0.25, 0.3) is 0 Å². The van der Waals surface area contributed by atoms with Crippen LogP contribution in [0.25, 0.3) is 0 Å². The number of rotatable bonds is 4. The molecule has 1 unspecified atom stereocenters. The van der Waals surface area contributed by atoms with E-state index in [9.17, 15) is 5.11 Å². The molecule has 0 amide bonds. The Bertz CT molecular complexity index is 506. The van der Waals surface area contributed by atoms with E-state index in [4.69, 9.17) is 16.0 Å². The SMILES string of the molecule is Cc1nc(Cl)cc(NCC(C)(O)c2ccco2)n1. The first-order chi connectivity index (χ1) is 8.47. The highest BCUT2D eigenvalue weighted by molar-refractivity contribution is 6.29. The molecular formula is C12H14ClN3O2. The minimum Gasteiger partial charge on any atom is -0.466 e. The van der Waals surface area contributed by atoms with Crippen LogP contribution in [-0.2, 0) is 5.60 Å². The highest BCUT2D eigenvalue weighted by Crippen LogP contribution is 2.21. The molecule has 2 heterocycles. The van der Waals surface area contributed by atoms with E-state index >= 15 is 0 Å². The lowest BCUT2D eigenvalue weighted by Gasteiger charge is -2.21. The highest BCUT2D eigenvalue weighted by atomic mass is 35.5. The third kappa shape index (κ3) is 3.00. The summed E-state index contributed by atoms with van der Waals surface area (Å²) in [6, 6.07) is 5.06. The molecular weight excluding hydrogens is 254 g/mol. The standard InChI is InChI=1S/C12H14ClN3O2/c1-8-15-10(13)6-11(16-8)14-7-12(2,17)9-4-3-5-18-9/h3-6,17H,7H2,1-2H3,(H,14,15,16). The predicted octanol–water partition coefficient (Wildman–Crippen LogP) is 2.35. The van der Waals surface area contributed by atoms with Gasteiger partial charge in [0.05, 0.1) is 12.8 Å². The predicted molar refractivity (Wildman–Crippen MR) is 68.5 cm³/mol. The minimum absolute atomic E-state index is 0.257. The fourth-order valence-electron chi connectivity index (χ4n) is 1.56. The van der Waals surface area contributed by atoms with Crippen LogP contribution in [-0.4, -0.2) is 21.6 Å². The normalized spacial score (nSPS) is 14.2. The fraction of sp³-hybridized carbons (Fsp3) is 0.333. The molecule has 1 atom stereocenters. The van der Waals surface area contributed by atoms with Crippen LogP contribution in [0, 0.1) is 6.92 Å². The molecule has 6 heteroatoms. The molecule has 0 radical (unpaired) electrons. The summed E-state index contributed by atoms with van der Waals surface area (Å²) in [7, 11) is 0. The molecule has 2 N–H and O–H groups in total. The average molecular weight is 268 g/mol. The lowest BCUT2D eigenvalue weighted by atomic mass is 10.0. The summed E-state index contributed by atoms with van der Waals surface area (Å²) >= 11 is 5.83. The number of halogens is 1. The van der Waals surface area contributed by atoms with E-state index < -0.39 is 5.60 Å². The maximum Gasteiger partial charge on any atom is 0.136 e. The lowest BCUT2D eigenvalue weighted by Crippen LogP contribution is -2.30. The Morgan fingerprint density at radius 1 is 1.50 bits per heavy atom. The topological polar surface area (TPSA) is 71.2 Å². The first kappa shape index (κ1) is 12.9. The van der Waals surface area contributed by atoms with Crippen LogP contribution in [0.3, 0.4) is 0 Å². The van der Waals surface area contributed by atoms with Crippen molar-refractivity contribution in [3.8, 4) is 0 Å². The van der Waals surface area contributed by atoms with Crippen molar-refractivity contribution in [1.29, 1.82) is 0 Å². The van der Waals surface area contributed by atoms with Crippen LogP contribution >= 0.6 is 11.6 Å². The van der Waals surface area contributed by atoms with Crippen LogP contribution in [0.2, 0.25) is 5.15 Å². The summed E-state index contributed by atoms with van der Waals surface area (Å²) in [5, 5.41) is 13.6. The Labute approximate surface area is 110 Å². The van der Waals surface area contributed by atoms with Crippen LogP contribution in [0.4, 0.5) is 5.82 Å². The van der Waals surface area contributed by atoms with Gasteiger partial charge in [0.15, 0.2) is 0 Å². The molecule has 0 fully saturated rings. The zero-order valence-electron chi connectivity index (χ0n) is 10.1. The van der Waals surface area contributed by atoms with Gasteiger partial charge < -0.3 is 14.8 Å². The molecule has 0 bridgehead atoms. The van der Waals surface area contributed by atoms with E-state index in [0.717, 1.165) is 0 Å². The van der Waals surface area contributed by atoms with Gasteiger partial charge in [0.2, 0.25) is 0 Å². The summed E-state index contributed by atoms with van der Waals surface area (Å²) in [6.07, 6.45) is 1.52. The molecule has 2 rings (SSSR count). The van der Waals surface area contributed by atoms with Gasteiger partial charge in [-0.3, -0.25) is 0 Å². The molecule has 0 aliphatic carbocycles.